The van der Waals surface area contributed by atoms with Gasteiger partial charge in [-0.3, -0.25) is 4.79 Å². The summed E-state index contributed by atoms with van der Waals surface area (Å²) in [6, 6.07) is 6.65. The Balaban J connectivity index is 0.00000243. The van der Waals surface area contributed by atoms with Crippen LogP contribution in [0.5, 0.6) is 0 Å². The molecule has 146 valence electrons. The molecule has 1 aliphatic heterocycles. The summed E-state index contributed by atoms with van der Waals surface area (Å²) in [5, 5.41) is 6.02. The highest BCUT2D eigenvalue weighted by molar-refractivity contribution is 7.89. The lowest BCUT2D eigenvalue weighted by Crippen LogP contribution is -2.38. The maximum Gasteiger partial charge on any atom is 0.243 e. The number of nitrogens with zero attached hydrogens (tertiary/aromatic N) is 1. The molecular weight excluding hydrogens is 374 g/mol. The zero-order valence-electron chi connectivity index (χ0n) is 15.1. The van der Waals surface area contributed by atoms with Crippen LogP contribution in [0.3, 0.4) is 0 Å². The van der Waals surface area contributed by atoms with Crippen molar-refractivity contribution in [2.24, 2.45) is 5.92 Å². The molecule has 2 aliphatic rings. The van der Waals surface area contributed by atoms with Gasteiger partial charge in [0, 0.05) is 25.3 Å². The third-order valence-electron chi connectivity index (χ3n) is 5.30. The summed E-state index contributed by atoms with van der Waals surface area (Å²) >= 11 is 0. The van der Waals surface area contributed by atoms with Crippen LogP contribution in [-0.2, 0) is 14.8 Å². The summed E-state index contributed by atoms with van der Waals surface area (Å²) in [4.78, 5) is 12.5. The van der Waals surface area contributed by atoms with E-state index in [1.54, 1.807) is 31.3 Å². The molecule has 8 heteroatoms. The summed E-state index contributed by atoms with van der Waals surface area (Å²) in [5.41, 5.74) is 0.537. The predicted octanol–water partition coefficient (Wildman–Crippen LogP) is 2.61. The number of halogens is 1. The molecule has 0 radical (unpaired) electrons. The van der Waals surface area contributed by atoms with E-state index < -0.39 is 10.0 Å². The zero-order valence-corrected chi connectivity index (χ0v) is 16.7. The summed E-state index contributed by atoms with van der Waals surface area (Å²) in [6.07, 6.45) is 5.99. The number of anilines is 1. The van der Waals surface area contributed by atoms with E-state index in [9.17, 15) is 13.2 Å². The van der Waals surface area contributed by atoms with E-state index in [1.807, 2.05) is 0 Å². The minimum atomic E-state index is -3.55. The Kier molecular flexibility index (Phi) is 7.46. The van der Waals surface area contributed by atoms with Gasteiger partial charge in [-0.15, -0.1) is 12.4 Å². The van der Waals surface area contributed by atoms with Crippen molar-refractivity contribution in [3.63, 3.8) is 0 Å². The second kappa shape index (κ2) is 9.17. The van der Waals surface area contributed by atoms with E-state index in [4.69, 9.17) is 0 Å². The number of carbonyl (C=O) groups excluding carboxylic acids is 1. The van der Waals surface area contributed by atoms with E-state index in [0.29, 0.717) is 12.2 Å². The summed E-state index contributed by atoms with van der Waals surface area (Å²) in [5.74, 6) is -0.106. The largest absolute Gasteiger partial charge is 0.326 e. The fraction of sp³-hybridized carbons (Fsp3) is 0.611. The van der Waals surface area contributed by atoms with Gasteiger partial charge in [0.25, 0.3) is 0 Å². The number of sulfonamides is 1. The van der Waals surface area contributed by atoms with Crippen LogP contribution in [0.2, 0.25) is 0 Å². The highest BCUT2D eigenvalue weighted by atomic mass is 35.5. The average Bonchev–Trinajstić information content (AvgIpc) is 3.17. The van der Waals surface area contributed by atoms with Gasteiger partial charge in [-0.25, -0.2) is 8.42 Å². The highest BCUT2D eigenvalue weighted by Crippen LogP contribution is 2.27. The maximum atomic E-state index is 12.9. The second-order valence-corrected chi connectivity index (χ2v) is 9.02. The minimum Gasteiger partial charge on any atom is -0.326 e. The molecule has 26 heavy (non-hydrogen) atoms. The van der Waals surface area contributed by atoms with E-state index in [0.717, 1.165) is 38.6 Å². The number of hydrogen-bond acceptors (Lipinski definition) is 4. The number of nitrogens with one attached hydrogen (secondary N) is 2. The molecule has 0 aromatic heterocycles. The number of amides is 1. The fourth-order valence-electron chi connectivity index (χ4n) is 3.66. The van der Waals surface area contributed by atoms with Crippen molar-refractivity contribution in [1.29, 1.82) is 0 Å². The van der Waals surface area contributed by atoms with Crippen LogP contribution in [0.25, 0.3) is 0 Å². The van der Waals surface area contributed by atoms with Crippen molar-refractivity contribution in [2.75, 3.05) is 25.5 Å². The molecule has 0 spiro atoms. The molecule has 2 N–H and O–H groups in total. The van der Waals surface area contributed by atoms with Gasteiger partial charge in [-0.05, 0) is 44.0 Å². The molecule has 1 aliphatic carbocycles. The van der Waals surface area contributed by atoms with Gasteiger partial charge in [0.1, 0.15) is 0 Å². The number of hydrogen-bond donors (Lipinski definition) is 2. The Morgan fingerprint density at radius 3 is 2.58 bits per heavy atom. The summed E-state index contributed by atoms with van der Waals surface area (Å²) in [7, 11) is -1.88. The first kappa shape index (κ1) is 21.2. The third-order valence-corrected chi connectivity index (χ3v) is 7.20. The first-order valence-electron chi connectivity index (χ1n) is 9.08. The molecule has 6 nitrogen and oxygen atoms in total. The number of carbonyl (C=O) groups is 1. The van der Waals surface area contributed by atoms with Gasteiger partial charge in [0.05, 0.1) is 10.8 Å². The smallest absolute Gasteiger partial charge is 0.243 e. The molecule has 2 fully saturated rings. The van der Waals surface area contributed by atoms with Crippen molar-refractivity contribution in [1.82, 2.24) is 9.62 Å². The van der Waals surface area contributed by atoms with E-state index in [2.05, 4.69) is 10.6 Å². The SMILES string of the molecule is CN(C1CCCCC1)S(=O)(=O)c1cccc(NC(=O)C2CCNC2)c1.Cl. The van der Waals surface area contributed by atoms with Crippen LogP contribution in [-0.4, -0.2) is 44.8 Å². The Morgan fingerprint density at radius 2 is 1.92 bits per heavy atom. The van der Waals surface area contributed by atoms with Crippen molar-refractivity contribution < 1.29 is 13.2 Å². The topological polar surface area (TPSA) is 78.5 Å². The summed E-state index contributed by atoms with van der Waals surface area (Å²) < 4.78 is 27.4. The Labute approximate surface area is 162 Å². The monoisotopic (exact) mass is 401 g/mol. The lowest BCUT2D eigenvalue weighted by molar-refractivity contribution is -0.119. The maximum absolute atomic E-state index is 12.9. The van der Waals surface area contributed by atoms with Gasteiger partial charge in [0.2, 0.25) is 15.9 Å². The van der Waals surface area contributed by atoms with Crippen LogP contribution in [0.4, 0.5) is 5.69 Å². The van der Waals surface area contributed by atoms with Gasteiger partial charge >= 0.3 is 0 Å². The summed E-state index contributed by atoms with van der Waals surface area (Å²) in [6.45, 7) is 1.52. The van der Waals surface area contributed by atoms with Crippen LogP contribution in [0, 0.1) is 5.92 Å². The zero-order chi connectivity index (χ0) is 17.9. The molecular formula is C18H28ClN3O3S. The van der Waals surface area contributed by atoms with E-state index in [-0.39, 0.29) is 35.2 Å². The normalized spacial score (nSPS) is 21.4. The molecule has 1 amide bonds. The molecule has 1 aromatic rings. The van der Waals surface area contributed by atoms with Crippen molar-refractivity contribution in [2.45, 2.75) is 49.5 Å². The molecule has 0 bridgehead atoms. The molecule has 1 unspecified atom stereocenters. The number of rotatable bonds is 5. The fourth-order valence-corrected chi connectivity index (χ4v) is 5.13. The van der Waals surface area contributed by atoms with Gasteiger partial charge in [-0.2, -0.15) is 4.31 Å². The van der Waals surface area contributed by atoms with E-state index in [1.165, 1.54) is 10.7 Å². The predicted molar refractivity (Wildman–Crippen MR) is 105 cm³/mol. The second-order valence-electron chi connectivity index (χ2n) is 7.02. The molecule has 1 atom stereocenters. The van der Waals surface area contributed by atoms with Crippen molar-refractivity contribution >= 4 is 34.0 Å². The van der Waals surface area contributed by atoms with Gasteiger partial charge in [0.15, 0.2) is 0 Å². The van der Waals surface area contributed by atoms with Crippen LogP contribution in [0.1, 0.15) is 38.5 Å². The molecule has 1 saturated carbocycles. The standard InChI is InChI=1S/C18H27N3O3S.ClH/c1-21(16-7-3-2-4-8-16)25(23,24)17-9-5-6-15(12-17)20-18(22)14-10-11-19-13-14;/h5-6,9,12,14,16,19H,2-4,7-8,10-11,13H2,1H3,(H,20,22);1H. The first-order chi connectivity index (χ1) is 12.0. The molecule has 1 aromatic carbocycles. The van der Waals surface area contributed by atoms with Crippen molar-refractivity contribution in [3.05, 3.63) is 24.3 Å². The lowest BCUT2D eigenvalue weighted by Gasteiger charge is -2.30. The van der Waals surface area contributed by atoms with E-state index >= 15 is 0 Å². The van der Waals surface area contributed by atoms with Crippen molar-refractivity contribution in [3.8, 4) is 0 Å². The Bertz CT molecular complexity index is 714. The number of benzene rings is 1. The quantitative estimate of drug-likeness (QED) is 0.794. The molecule has 1 heterocycles. The average molecular weight is 402 g/mol. The molecule has 1 saturated heterocycles. The van der Waals surface area contributed by atoms with Crippen LogP contribution in [0.15, 0.2) is 29.2 Å². The Morgan fingerprint density at radius 1 is 1.19 bits per heavy atom. The minimum absolute atomic E-state index is 0. The molecule has 3 rings (SSSR count). The van der Waals surface area contributed by atoms with Gasteiger partial charge in [-0.1, -0.05) is 25.3 Å². The highest BCUT2D eigenvalue weighted by Gasteiger charge is 2.29. The van der Waals surface area contributed by atoms with Gasteiger partial charge < -0.3 is 10.6 Å². The third kappa shape index (κ3) is 4.76. The Hall–Kier alpha value is -1.15. The van der Waals surface area contributed by atoms with Crippen LogP contribution >= 0.6 is 12.4 Å². The lowest BCUT2D eigenvalue weighted by atomic mass is 9.96. The first-order valence-corrected chi connectivity index (χ1v) is 10.5. The van der Waals surface area contributed by atoms with Crippen LogP contribution < -0.4 is 10.6 Å².